The van der Waals surface area contributed by atoms with Gasteiger partial charge in [-0.15, -0.1) is 0 Å². The van der Waals surface area contributed by atoms with E-state index in [1.165, 1.54) is 13.2 Å². The second kappa shape index (κ2) is 8.83. The summed E-state index contributed by atoms with van der Waals surface area (Å²) in [5, 5.41) is 18.7. The number of hydrogen-bond donors (Lipinski definition) is 2. The SMILES string of the molecule is CN=C=CC(O)C(OC)C(CCC(=O)O)N(C)C. The molecular weight excluding hydrogens is 236 g/mol. The van der Waals surface area contributed by atoms with E-state index in [-0.39, 0.29) is 12.5 Å². The van der Waals surface area contributed by atoms with Crippen LogP contribution in [0.5, 0.6) is 0 Å². The van der Waals surface area contributed by atoms with Crippen LogP contribution in [0.15, 0.2) is 11.1 Å². The van der Waals surface area contributed by atoms with Gasteiger partial charge in [0, 0.05) is 32.7 Å². The minimum atomic E-state index is -0.875. The lowest BCUT2D eigenvalue weighted by Crippen LogP contribution is -2.46. The first-order valence-electron chi connectivity index (χ1n) is 5.70. The third-order valence-corrected chi connectivity index (χ3v) is 2.68. The number of aliphatic hydroxyl groups excluding tert-OH is 1. The molecule has 0 saturated carbocycles. The normalized spacial score (nSPS) is 15.7. The number of aliphatic carboxylic acids is 1. The molecule has 2 N–H and O–H groups in total. The molecule has 0 rings (SSSR count). The van der Waals surface area contributed by atoms with Crippen molar-refractivity contribution in [2.24, 2.45) is 4.99 Å². The maximum atomic E-state index is 10.6. The van der Waals surface area contributed by atoms with Gasteiger partial charge in [-0.2, -0.15) is 0 Å². The fourth-order valence-corrected chi connectivity index (χ4v) is 1.76. The van der Waals surface area contributed by atoms with Gasteiger partial charge in [0.1, 0.15) is 12.2 Å². The summed E-state index contributed by atoms with van der Waals surface area (Å²) in [5.74, 6) is 1.69. The van der Waals surface area contributed by atoms with Crippen molar-refractivity contribution in [3.05, 3.63) is 6.08 Å². The Balaban J connectivity index is 4.80. The third-order valence-electron chi connectivity index (χ3n) is 2.68. The Morgan fingerprint density at radius 2 is 2.17 bits per heavy atom. The molecule has 0 bridgehead atoms. The molecule has 0 aromatic heterocycles. The van der Waals surface area contributed by atoms with Crippen LogP contribution in [0, 0.1) is 0 Å². The highest BCUT2D eigenvalue weighted by Gasteiger charge is 2.29. The summed E-state index contributed by atoms with van der Waals surface area (Å²) in [4.78, 5) is 16.1. The molecule has 0 aromatic rings. The molecule has 0 saturated heterocycles. The van der Waals surface area contributed by atoms with Crippen LogP contribution in [0.4, 0.5) is 0 Å². The van der Waals surface area contributed by atoms with Crippen LogP contribution in [0.1, 0.15) is 12.8 Å². The van der Waals surface area contributed by atoms with Gasteiger partial charge in [-0.05, 0) is 26.4 Å². The number of ether oxygens (including phenoxy) is 1. The standard InChI is InChI=1S/C12H22N2O4/c1-13-8-7-10(15)12(18-4)9(14(2)3)5-6-11(16)17/h7,9-10,12,15H,5-6H2,1-4H3,(H,16,17). The topological polar surface area (TPSA) is 82.4 Å². The van der Waals surface area contributed by atoms with Crippen LogP contribution in [0.3, 0.4) is 0 Å². The van der Waals surface area contributed by atoms with Gasteiger partial charge in [0.05, 0.1) is 0 Å². The monoisotopic (exact) mass is 258 g/mol. The molecule has 3 unspecified atom stereocenters. The van der Waals surface area contributed by atoms with Gasteiger partial charge in [-0.1, -0.05) is 0 Å². The number of carboxylic acid groups (broad SMARTS) is 1. The summed E-state index contributed by atoms with van der Waals surface area (Å²) >= 11 is 0. The highest BCUT2D eigenvalue weighted by Crippen LogP contribution is 2.15. The summed E-state index contributed by atoms with van der Waals surface area (Å²) in [6.45, 7) is 0. The van der Waals surface area contributed by atoms with Crippen LogP contribution < -0.4 is 0 Å². The number of carboxylic acids is 1. The summed E-state index contributed by atoms with van der Waals surface area (Å²) < 4.78 is 5.27. The predicted octanol–water partition coefficient (Wildman–Crippen LogP) is 0.0130. The minimum absolute atomic E-state index is 0.0288. The van der Waals surface area contributed by atoms with Crippen molar-refractivity contribution in [2.45, 2.75) is 31.1 Å². The summed E-state index contributed by atoms with van der Waals surface area (Å²) in [7, 11) is 6.69. The van der Waals surface area contributed by atoms with Gasteiger partial charge >= 0.3 is 5.97 Å². The first-order valence-corrected chi connectivity index (χ1v) is 5.70. The molecule has 0 spiro atoms. The van der Waals surface area contributed by atoms with E-state index in [1.807, 2.05) is 19.0 Å². The van der Waals surface area contributed by atoms with E-state index in [0.717, 1.165) is 0 Å². The maximum Gasteiger partial charge on any atom is 0.303 e. The zero-order valence-electron chi connectivity index (χ0n) is 11.3. The van der Waals surface area contributed by atoms with E-state index in [2.05, 4.69) is 10.9 Å². The highest BCUT2D eigenvalue weighted by atomic mass is 16.5. The Hall–Kier alpha value is -1.20. The Bertz CT molecular complexity index is 311. The average Bonchev–Trinajstić information content (AvgIpc) is 2.30. The number of aliphatic hydroxyl groups is 1. The van der Waals surface area contributed by atoms with Crippen molar-refractivity contribution in [1.82, 2.24) is 4.90 Å². The van der Waals surface area contributed by atoms with Crippen molar-refractivity contribution in [1.29, 1.82) is 0 Å². The quantitative estimate of drug-likeness (QED) is 0.599. The fourth-order valence-electron chi connectivity index (χ4n) is 1.76. The molecule has 6 nitrogen and oxygen atoms in total. The van der Waals surface area contributed by atoms with Gasteiger partial charge < -0.3 is 19.8 Å². The van der Waals surface area contributed by atoms with Crippen LogP contribution in [-0.4, -0.2) is 73.5 Å². The molecular formula is C12H22N2O4. The van der Waals surface area contributed by atoms with Crippen LogP contribution in [0.25, 0.3) is 0 Å². The summed E-state index contributed by atoms with van der Waals surface area (Å²) in [6, 6.07) is -0.198. The highest BCUT2D eigenvalue weighted by molar-refractivity contribution is 5.66. The smallest absolute Gasteiger partial charge is 0.303 e. The predicted molar refractivity (Wildman–Crippen MR) is 69.1 cm³/mol. The fraction of sp³-hybridized carbons (Fsp3) is 0.750. The van der Waals surface area contributed by atoms with Gasteiger partial charge in [0.25, 0.3) is 0 Å². The molecule has 18 heavy (non-hydrogen) atoms. The maximum absolute atomic E-state index is 10.6. The molecule has 0 aliphatic rings. The van der Waals surface area contributed by atoms with E-state index in [4.69, 9.17) is 9.84 Å². The number of aliphatic imine (C=N–C) groups is 1. The molecule has 6 heteroatoms. The van der Waals surface area contributed by atoms with Crippen LogP contribution in [0.2, 0.25) is 0 Å². The van der Waals surface area contributed by atoms with Crippen LogP contribution >= 0.6 is 0 Å². The van der Waals surface area contributed by atoms with E-state index in [0.29, 0.717) is 6.42 Å². The third kappa shape index (κ3) is 5.93. The number of likely N-dealkylation sites (N-methyl/N-ethyl adjacent to an activating group) is 1. The lowest BCUT2D eigenvalue weighted by Gasteiger charge is -2.32. The molecule has 0 fully saturated rings. The van der Waals surface area contributed by atoms with Gasteiger partial charge in [-0.3, -0.25) is 4.79 Å². The van der Waals surface area contributed by atoms with E-state index in [1.54, 1.807) is 7.05 Å². The molecule has 0 aromatic carbocycles. The minimum Gasteiger partial charge on any atom is -0.481 e. The molecule has 104 valence electrons. The van der Waals surface area contributed by atoms with E-state index < -0.39 is 18.2 Å². The van der Waals surface area contributed by atoms with Crippen LogP contribution in [-0.2, 0) is 9.53 Å². The number of rotatable bonds is 8. The summed E-state index contributed by atoms with van der Waals surface area (Å²) in [6.07, 6.45) is 0.440. The van der Waals surface area contributed by atoms with Crippen molar-refractivity contribution in [2.75, 3.05) is 28.3 Å². The molecule has 0 aliphatic heterocycles. The second-order valence-corrected chi connectivity index (χ2v) is 4.17. The Morgan fingerprint density at radius 1 is 1.56 bits per heavy atom. The van der Waals surface area contributed by atoms with Crippen molar-refractivity contribution in [3.63, 3.8) is 0 Å². The number of nitrogens with zero attached hydrogens (tertiary/aromatic N) is 2. The lowest BCUT2D eigenvalue weighted by molar-refractivity contribution is -0.137. The lowest BCUT2D eigenvalue weighted by atomic mass is 9.99. The van der Waals surface area contributed by atoms with E-state index >= 15 is 0 Å². The zero-order valence-corrected chi connectivity index (χ0v) is 11.3. The van der Waals surface area contributed by atoms with Crippen molar-refractivity contribution >= 4 is 11.8 Å². The molecule has 0 amide bonds. The van der Waals surface area contributed by atoms with Crippen molar-refractivity contribution < 1.29 is 19.7 Å². The molecule has 0 aliphatic carbocycles. The number of hydrogen-bond acceptors (Lipinski definition) is 5. The Kier molecular flexibility index (Phi) is 8.24. The summed E-state index contributed by atoms with van der Waals surface area (Å²) in [5.41, 5.74) is 0. The second-order valence-electron chi connectivity index (χ2n) is 4.17. The van der Waals surface area contributed by atoms with E-state index in [9.17, 15) is 9.90 Å². The Labute approximate surface area is 108 Å². The molecule has 3 atom stereocenters. The Morgan fingerprint density at radius 3 is 2.56 bits per heavy atom. The molecule has 0 heterocycles. The van der Waals surface area contributed by atoms with Gasteiger partial charge in [0.2, 0.25) is 0 Å². The van der Waals surface area contributed by atoms with Gasteiger partial charge in [-0.25, -0.2) is 4.99 Å². The number of methoxy groups -OCH3 is 1. The zero-order chi connectivity index (χ0) is 14.1. The molecule has 0 radical (unpaired) electrons. The largest absolute Gasteiger partial charge is 0.481 e. The van der Waals surface area contributed by atoms with Crippen molar-refractivity contribution in [3.8, 4) is 0 Å². The average molecular weight is 258 g/mol. The first kappa shape index (κ1) is 16.8. The first-order chi connectivity index (χ1) is 8.43. The number of carbonyl (C=O) groups is 1. The van der Waals surface area contributed by atoms with Gasteiger partial charge in [0.15, 0.2) is 0 Å².